The highest BCUT2D eigenvalue weighted by Crippen LogP contribution is 2.34. The van der Waals surface area contributed by atoms with Crippen LogP contribution >= 0.6 is 0 Å². The molecule has 0 unspecified atom stereocenters. The molecule has 5 aromatic rings. The van der Waals surface area contributed by atoms with Crippen LogP contribution in [0.2, 0.25) is 0 Å². The van der Waals surface area contributed by atoms with Crippen LogP contribution in [0.5, 0.6) is 5.88 Å². The van der Waals surface area contributed by atoms with Crippen molar-refractivity contribution in [3.8, 4) is 17.1 Å². The number of halogens is 2. The fourth-order valence-corrected chi connectivity index (χ4v) is 5.05. The first-order chi connectivity index (χ1) is 20.8. The molecule has 2 aromatic heterocycles. The summed E-state index contributed by atoms with van der Waals surface area (Å²) in [5.74, 6) is -0.458. The molecule has 10 heteroatoms. The van der Waals surface area contributed by atoms with Crippen LogP contribution in [-0.2, 0) is 34.7 Å². The number of aromatic nitrogens is 3. The Kier molecular flexibility index (Phi) is 7.88. The topological polar surface area (TPSA) is 95.7 Å². The Balaban J connectivity index is 1.18. The molecule has 0 saturated carbocycles. The predicted molar refractivity (Wildman–Crippen MR) is 155 cm³/mol. The minimum absolute atomic E-state index is 0.0757. The van der Waals surface area contributed by atoms with E-state index >= 15 is 4.39 Å². The van der Waals surface area contributed by atoms with Gasteiger partial charge in [0.15, 0.2) is 5.67 Å². The van der Waals surface area contributed by atoms with Gasteiger partial charge in [-0.2, -0.15) is 0 Å². The first kappa shape index (κ1) is 28.4. The molecule has 0 aliphatic carbocycles. The van der Waals surface area contributed by atoms with Gasteiger partial charge in [0.1, 0.15) is 18.2 Å². The molecule has 220 valence electrons. The Morgan fingerprint density at radius 3 is 2.56 bits per heavy atom. The van der Waals surface area contributed by atoms with Gasteiger partial charge >= 0.3 is 5.97 Å². The van der Waals surface area contributed by atoms with Crippen LogP contribution in [0, 0.1) is 5.82 Å². The van der Waals surface area contributed by atoms with Crippen molar-refractivity contribution in [3.05, 3.63) is 113 Å². The summed E-state index contributed by atoms with van der Waals surface area (Å²) in [7, 11) is 1.58. The number of rotatable bonds is 11. The number of methoxy groups -OCH3 is 1. The summed E-state index contributed by atoms with van der Waals surface area (Å²) in [6, 6.07) is 22.1. The Bertz CT molecular complexity index is 1780. The fourth-order valence-electron chi connectivity index (χ4n) is 5.05. The van der Waals surface area contributed by atoms with E-state index in [0.717, 1.165) is 5.56 Å². The standard InChI is InChI=1S/C33H29F2N3O5/c1-41-14-13-38-29-16-24(32(39)40)9-12-28(29)36-30(38)17-22-7-8-23(15-26(22)34)27-3-2-4-31(37-27)43-18-21-5-10-25(11-6-21)33(35)19-42-20-33/h2-12,15-16H,13-14,17-20H2,1H3,(H,39,40). The Labute approximate surface area is 246 Å². The van der Waals surface area contributed by atoms with E-state index in [0.29, 0.717) is 58.3 Å². The number of carboxylic acid groups (broad SMARTS) is 1. The van der Waals surface area contributed by atoms with Gasteiger partial charge in [-0.3, -0.25) is 0 Å². The maximum atomic E-state index is 15.4. The van der Waals surface area contributed by atoms with E-state index < -0.39 is 17.5 Å². The summed E-state index contributed by atoms with van der Waals surface area (Å²) >= 11 is 0. The summed E-state index contributed by atoms with van der Waals surface area (Å²) in [5, 5.41) is 9.42. The van der Waals surface area contributed by atoms with Crippen molar-refractivity contribution in [1.82, 2.24) is 14.5 Å². The number of fused-ring (bicyclic) bond motifs is 1. The molecule has 0 bridgehead atoms. The SMILES string of the molecule is COCCn1c(Cc2ccc(-c3cccc(OCc4ccc(C5(F)COC5)cc4)n3)cc2F)nc2ccc(C(=O)O)cc21. The number of hydrogen-bond acceptors (Lipinski definition) is 6. The maximum absolute atomic E-state index is 15.4. The summed E-state index contributed by atoms with van der Waals surface area (Å²) < 4.78 is 47.9. The molecular formula is C33H29F2N3O5. The molecule has 0 spiro atoms. The van der Waals surface area contributed by atoms with Crippen molar-refractivity contribution in [2.75, 3.05) is 26.9 Å². The van der Waals surface area contributed by atoms with Gasteiger partial charge in [0, 0.05) is 31.7 Å². The lowest BCUT2D eigenvalue weighted by atomic mass is 9.93. The molecule has 1 saturated heterocycles. The van der Waals surface area contributed by atoms with Crippen molar-refractivity contribution in [2.24, 2.45) is 0 Å². The zero-order valence-corrected chi connectivity index (χ0v) is 23.4. The fraction of sp³-hybridized carbons (Fsp3) is 0.242. The molecule has 0 radical (unpaired) electrons. The van der Waals surface area contributed by atoms with E-state index in [1.165, 1.54) is 12.1 Å². The lowest BCUT2D eigenvalue weighted by Gasteiger charge is -2.34. The van der Waals surface area contributed by atoms with E-state index in [1.54, 1.807) is 61.7 Å². The van der Waals surface area contributed by atoms with Crippen molar-refractivity contribution in [3.63, 3.8) is 0 Å². The quantitative estimate of drug-likeness (QED) is 0.205. The molecule has 3 aromatic carbocycles. The van der Waals surface area contributed by atoms with Crippen LogP contribution < -0.4 is 4.74 Å². The molecule has 3 heterocycles. The van der Waals surface area contributed by atoms with Crippen molar-refractivity contribution < 1.29 is 32.9 Å². The number of hydrogen-bond donors (Lipinski definition) is 1. The van der Waals surface area contributed by atoms with E-state index in [9.17, 15) is 14.3 Å². The second-order valence-corrected chi connectivity index (χ2v) is 10.5. The van der Waals surface area contributed by atoms with E-state index in [2.05, 4.69) is 9.97 Å². The van der Waals surface area contributed by atoms with E-state index in [-0.39, 0.29) is 31.8 Å². The van der Waals surface area contributed by atoms with Crippen LogP contribution in [0.25, 0.3) is 22.3 Å². The first-order valence-electron chi connectivity index (χ1n) is 13.8. The van der Waals surface area contributed by atoms with Gasteiger partial charge < -0.3 is 23.9 Å². The number of carboxylic acids is 1. The lowest BCUT2D eigenvalue weighted by Crippen LogP contribution is -2.42. The highest BCUT2D eigenvalue weighted by molar-refractivity contribution is 5.92. The summed E-state index contributed by atoms with van der Waals surface area (Å²) in [6.45, 7) is 1.23. The van der Waals surface area contributed by atoms with E-state index in [4.69, 9.17) is 14.2 Å². The number of imidazole rings is 1. The van der Waals surface area contributed by atoms with Gasteiger partial charge in [-0.1, -0.05) is 42.5 Å². The highest BCUT2D eigenvalue weighted by atomic mass is 19.1. The zero-order valence-electron chi connectivity index (χ0n) is 23.4. The molecular weight excluding hydrogens is 556 g/mol. The normalized spacial score (nSPS) is 14.0. The summed E-state index contributed by atoms with van der Waals surface area (Å²) in [4.78, 5) is 20.7. The Morgan fingerprint density at radius 1 is 1.05 bits per heavy atom. The third kappa shape index (κ3) is 5.97. The van der Waals surface area contributed by atoms with Crippen molar-refractivity contribution in [1.29, 1.82) is 0 Å². The van der Waals surface area contributed by atoms with Gasteiger partial charge in [0.05, 0.1) is 42.1 Å². The van der Waals surface area contributed by atoms with Crippen LogP contribution in [0.3, 0.4) is 0 Å². The number of pyridine rings is 1. The minimum Gasteiger partial charge on any atom is -0.478 e. The van der Waals surface area contributed by atoms with Crippen LogP contribution in [0.15, 0.2) is 78.9 Å². The van der Waals surface area contributed by atoms with Gasteiger partial charge in [0.2, 0.25) is 5.88 Å². The number of carbonyl (C=O) groups is 1. The number of alkyl halides is 1. The first-order valence-corrected chi connectivity index (χ1v) is 13.8. The second-order valence-electron chi connectivity index (χ2n) is 10.5. The number of ether oxygens (including phenoxy) is 3. The molecule has 0 atom stereocenters. The number of aromatic carboxylic acids is 1. The largest absolute Gasteiger partial charge is 0.478 e. The smallest absolute Gasteiger partial charge is 0.335 e. The zero-order chi connectivity index (χ0) is 30.0. The predicted octanol–water partition coefficient (Wildman–Crippen LogP) is 5.95. The van der Waals surface area contributed by atoms with Crippen LogP contribution in [-0.4, -0.2) is 52.5 Å². The van der Waals surface area contributed by atoms with Gasteiger partial charge in [-0.25, -0.2) is 23.5 Å². The molecule has 43 heavy (non-hydrogen) atoms. The monoisotopic (exact) mass is 585 g/mol. The van der Waals surface area contributed by atoms with Crippen molar-refractivity contribution in [2.45, 2.75) is 25.2 Å². The summed E-state index contributed by atoms with van der Waals surface area (Å²) in [6.07, 6.45) is 0.207. The molecule has 8 nitrogen and oxygen atoms in total. The average molecular weight is 586 g/mol. The number of benzene rings is 3. The van der Waals surface area contributed by atoms with E-state index in [1.807, 2.05) is 16.7 Å². The Morgan fingerprint density at radius 2 is 1.86 bits per heavy atom. The lowest BCUT2D eigenvalue weighted by molar-refractivity contribution is -0.135. The van der Waals surface area contributed by atoms with Crippen molar-refractivity contribution >= 4 is 17.0 Å². The van der Waals surface area contributed by atoms with Gasteiger partial charge in [-0.05, 0) is 47.0 Å². The highest BCUT2D eigenvalue weighted by Gasteiger charge is 2.40. The third-order valence-corrected chi connectivity index (χ3v) is 7.53. The van der Waals surface area contributed by atoms with Gasteiger partial charge in [-0.15, -0.1) is 0 Å². The molecule has 1 fully saturated rings. The third-order valence-electron chi connectivity index (χ3n) is 7.53. The maximum Gasteiger partial charge on any atom is 0.335 e. The van der Waals surface area contributed by atoms with Gasteiger partial charge in [0.25, 0.3) is 0 Å². The molecule has 6 rings (SSSR count). The number of nitrogens with zero attached hydrogens (tertiary/aromatic N) is 3. The summed E-state index contributed by atoms with van der Waals surface area (Å²) in [5.41, 5.74) is 3.06. The molecule has 1 aliphatic heterocycles. The molecule has 1 aliphatic rings. The average Bonchev–Trinajstić information content (AvgIpc) is 3.35. The van der Waals surface area contributed by atoms with Crippen LogP contribution in [0.4, 0.5) is 8.78 Å². The second kappa shape index (κ2) is 11.9. The minimum atomic E-state index is -1.41. The molecule has 1 N–H and O–H groups in total. The van der Waals surface area contributed by atoms with Crippen LogP contribution in [0.1, 0.15) is 32.9 Å². The Hall–Kier alpha value is -4.67. The molecule has 0 amide bonds.